The minimum Gasteiger partial charge on any atom is -0.456 e. The lowest BCUT2D eigenvalue weighted by Crippen LogP contribution is -2.55. The number of rotatable bonds is 11. The van der Waals surface area contributed by atoms with Crippen molar-refractivity contribution in [3.8, 4) is 77.9 Å². The second-order valence-electron chi connectivity index (χ2n) is 32.7. The van der Waals surface area contributed by atoms with E-state index in [9.17, 15) is 0 Å². The number of furan rings is 1. The highest BCUT2D eigenvalue weighted by atomic mass is 16.3. The lowest BCUT2D eigenvalue weighted by Gasteiger charge is -2.61. The first-order valence-corrected chi connectivity index (χ1v) is 39.6. The zero-order valence-corrected chi connectivity index (χ0v) is 60.3. The first-order valence-electron chi connectivity index (χ1n) is 39.6. The molecule has 0 radical (unpaired) electrons. The van der Waals surface area contributed by atoms with Gasteiger partial charge in [0.15, 0.2) is 0 Å². The average Bonchev–Trinajstić information content (AvgIpc) is 1.55. The van der Waals surface area contributed by atoms with Gasteiger partial charge in [0.25, 0.3) is 0 Å². The van der Waals surface area contributed by atoms with Crippen molar-refractivity contribution < 1.29 is 4.42 Å². The van der Waals surface area contributed by atoms with Crippen molar-refractivity contribution in [1.82, 2.24) is 0 Å². The molecular formula is C104H84N2O. The highest BCUT2D eigenvalue weighted by Gasteiger charge is 2.63. The van der Waals surface area contributed by atoms with Crippen LogP contribution in [0.1, 0.15) is 86.5 Å². The lowest BCUT2D eigenvalue weighted by molar-refractivity contribution is -0.0399. The van der Waals surface area contributed by atoms with Crippen LogP contribution in [0.5, 0.6) is 0 Å². The molecule has 0 amide bonds. The number of fused-ring (bicyclic) bond motifs is 9. The van der Waals surface area contributed by atoms with E-state index < -0.39 is 0 Å². The molecule has 0 aliphatic heterocycles. The Kier molecular flexibility index (Phi) is 14.7. The number of anilines is 6. The highest BCUT2D eigenvalue weighted by Crippen LogP contribution is 2.71. The Labute approximate surface area is 628 Å². The molecule has 1 heterocycles. The average molecular weight is 1380 g/mol. The third kappa shape index (κ3) is 10.1. The standard InChI is InChI=1S/C52H41NO.C52H43N/c1-2-8-35(9-3-1)36-14-19-41(20-15-36)53(43-23-25-51-47(32-43)45-11-5-7-13-50(45)54-51)42-21-16-37(17-22-42)38-18-24-49-46(31-38)44-10-4-6-12-48(44)52(49)39-27-33-26-34(29-39)30-40(52)28-33;1-3-10-37(11-4-1)39-18-23-45(24-19-39)53(47-15-9-14-41(33-47)38-12-5-2-6-13-38)46-25-20-40(21-26-46)42-22-27-51-49(34-42)48-16-7-8-17-50(48)52(51)43-29-35-28-36(31-43)32-44(52)30-35/h1-25,31-34,39-40H,26-30H2;1-27,33-36,43-44H,28-32H2. The Morgan fingerprint density at radius 3 is 0.953 bits per heavy atom. The van der Waals surface area contributed by atoms with E-state index in [1.807, 2.05) is 12.1 Å². The summed E-state index contributed by atoms with van der Waals surface area (Å²) in [5, 5.41) is 2.26. The third-order valence-corrected chi connectivity index (χ3v) is 27.3. The lowest BCUT2D eigenvalue weighted by atomic mass is 9.43. The van der Waals surface area contributed by atoms with Crippen molar-refractivity contribution in [2.45, 2.75) is 75.0 Å². The molecule has 10 aliphatic rings. The fourth-order valence-corrected chi connectivity index (χ4v) is 23.4. The van der Waals surface area contributed by atoms with Crippen LogP contribution in [0.25, 0.3) is 99.8 Å². The molecule has 8 fully saturated rings. The summed E-state index contributed by atoms with van der Waals surface area (Å²) < 4.78 is 6.23. The number of para-hydroxylation sites is 1. The van der Waals surface area contributed by atoms with E-state index in [2.05, 4.69) is 337 Å². The molecule has 0 saturated heterocycles. The zero-order chi connectivity index (χ0) is 70.3. The fraction of sp³-hybridized carbons (Fsp3) is 0.192. The van der Waals surface area contributed by atoms with Crippen LogP contribution in [-0.2, 0) is 10.8 Å². The van der Waals surface area contributed by atoms with Gasteiger partial charge in [-0.05, 0) is 309 Å². The Balaban J connectivity index is 0.000000133. The minimum atomic E-state index is 0.208. The van der Waals surface area contributed by atoms with Crippen LogP contribution in [-0.4, -0.2) is 0 Å². The molecule has 10 aliphatic carbocycles. The predicted molar refractivity (Wildman–Crippen MR) is 443 cm³/mol. The van der Waals surface area contributed by atoms with Crippen molar-refractivity contribution in [1.29, 1.82) is 0 Å². The Morgan fingerprint density at radius 1 is 0.206 bits per heavy atom. The van der Waals surface area contributed by atoms with Gasteiger partial charge in [0.05, 0.1) is 0 Å². The molecule has 8 saturated carbocycles. The van der Waals surface area contributed by atoms with Gasteiger partial charge in [-0.3, -0.25) is 0 Å². The molecule has 0 N–H and O–H groups in total. The van der Waals surface area contributed by atoms with Gasteiger partial charge in [-0.15, -0.1) is 0 Å². The summed E-state index contributed by atoms with van der Waals surface area (Å²) in [6.45, 7) is 0. The number of hydrogen-bond donors (Lipinski definition) is 0. The molecule has 3 heteroatoms. The third-order valence-electron chi connectivity index (χ3n) is 27.3. The van der Waals surface area contributed by atoms with Crippen LogP contribution in [0.15, 0.2) is 344 Å². The van der Waals surface area contributed by atoms with Gasteiger partial charge < -0.3 is 14.2 Å². The molecule has 25 rings (SSSR count). The van der Waals surface area contributed by atoms with E-state index in [1.165, 1.54) is 142 Å². The Hall–Kier alpha value is -11.5. The van der Waals surface area contributed by atoms with Gasteiger partial charge in [-0.1, -0.05) is 243 Å². The van der Waals surface area contributed by atoms with E-state index in [-0.39, 0.29) is 10.8 Å². The summed E-state index contributed by atoms with van der Waals surface area (Å²) in [7, 11) is 0. The van der Waals surface area contributed by atoms with Gasteiger partial charge in [0, 0.05) is 55.7 Å². The quantitative estimate of drug-likeness (QED) is 0.129. The molecule has 3 nitrogen and oxygen atoms in total. The SMILES string of the molecule is c1ccc(-c2ccc(N(c3ccc(-c4ccc5c(c4)-c4ccccc4C54C5CC6CC(C5)CC4C6)cc3)c3ccc4oc5ccccc5c4c3)cc2)cc1.c1ccc(-c2ccc(N(c3ccc(-c4ccc5c(c4)-c4ccccc4C54C5CC6CC(C5)CC4C6)cc3)c3cccc(-c4ccccc4)c3)cc2)cc1. The number of hydrogen-bond acceptors (Lipinski definition) is 3. The Morgan fingerprint density at radius 2 is 0.514 bits per heavy atom. The summed E-state index contributed by atoms with van der Waals surface area (Å²) >= 11 is 0. The number of nitrogens with zero attached hydrogens (tertiary/aromatic N) is 2. The van der Waals surface area contributed by atoms with Crippen molar-refractivity contribution in [2.75, 3.05) is 9.80 Å². The van der Waals surface area contributed by atoms with Crippen LogP contribution >= 0.6 is 0 Å². The molecule has 516 valence electrons. The summed E-state index contributed by atoms with van der Waals surface area (Å²) in [6.07, 6.45) is 14.3. The summed E-state index contributed by atoms with van der Waals surface area (Å²) in [6, 6.07) is 126. The maximum Gasteiger partial charge on any atom is 0.135 e. The second kappa shape index (κ2) is 25.1. The summed E-state index contributed by atoms with van der Waals surface area (Å²) in [4.78, 5) is 4.76. The van der Waals surface area contributed by atoms with Crippen molar-refractivity contribution in [3.05, 3.63) is 362 Å². The normalized spacial score (nSPS) is 23.2. The van der Waals surface area contributed by atoms with E-state index in [1.54, 1.807) is 22.3 Å². The van der Waals surface area contributed by atoms with E-state index in [0.29, 0.717) is 0 Å². The van der Waals surface area contributed by atoms with Crippen LogP contribution < -0.4 is 9.80 Å². The van der Waals surface area contributed by atoms with E-state index in [4.69, 9.17) is 4.42 Å². The molecule has 8 bridgehead atoms. The molecule has 0 atom stereocenters. The monoisotopic (exact) mass is 1380 g/mol. The van der Waals surface area contributed by atoms with E-state index in [0.717, 1.165) is 103 Å². The Bertz CT molecular complexity index is 5840. The van der Waals surface area contributed by atoms with Crippen molar-refractivity contribution in [2.24, 2.45) is 47.3 Å². The van der Waals surface area contributed by atoms with Crippen LogP contribution in [0.4, 0.5) is 34.1 Å². The molecule has 1 aromatic heterocycles. The maximum absolute atomic E-state index is 6.23. The van der Waals surface area contributed by atoms with Gasteiger partial charge in [0.2, 0.25) is 0 Å². The van der Waals surface area contributed by atoms with Crippen LogP contribution in [0.3, 0.4) is 0 Å². The molecule has 0 unspecified atom stereocenters. The van der Waals surface area contributed by atoms with Crippen LogP contribution in [0.2, 0.25) is 0 Å². The maximum atomic E-state index is 6.23. The largest absolute Gasteiger partial charge is 0.456 e. The van der Waals surface area contributed by atoms with E-state index >= 15 is 0 Å². The second-order valence-corrected chi connectivity index (χ2v) is 32.7. The number of benzene rings is 14. The van der Waals surface area contributed by atoms with Crippen LogP contribution in [0, 0.1) is 47.3 Å². The smallest absolute Gasteiger partial charge is 0.135 e. The topological polar surface area (TPSA) is 19.6 Å². The van der Waals surface area contributed by atoms with Gasteiger partial charge in [-0.2, -0.15) is 0 Å². The minimum absolute atomic E-state index is 0.208. The zero-order valence-electron chi connectivity index (χ0n) is 60.3. The summed E-state index contributed by atoms with van der Waals surface area (Å²) in [5.41, 5.74) is 33.8. The summed E-state index contributed by atoms with van der Waals surface area (Å²) in [5.74, 6) is 6.97. The van der Waals surface area contributed by atoms with Gasteiger partial charge in [0.1, 0.15) is 11.2 Å². The first kappa shape index (κ1) is 62.8. The first-order chi connectivity index (χ1) is 52.9. The fourth-order valence-electron chi connectivity index (χ4n) is 23.4. The highest BCUT2D eigenvalue weighted by molar-refractivity contribution is 6.06. The van der Waals surface area contributed by atoms with Crippen molar-refractivity contribution in [3.63, 3.8) is 0 Å². The van der Waals surface area contributed by atoms with Gasteiger partial charge >= 0.3 is 0 Å². The molecule has 14 aromatic carbocycles. The molecule has 107 heavy (non-hydrogen) atoms. The molecular weight excluding hydrogens is 1290 g/mol. The van der Waals surface area contributed by atoms with Gasteiger partial charge in [-0.25, -0.2) is 0 Å². The predicted octanol–water partition coefficient (Wildman–Crippen LogP) is 28.0. The molecule has 2 spiro atoms. The van der Waals surface area contributed by atoms with Crippen molar-refractivity contribution >= 4 is 56.1 Å². The molecule has 15 aromatic rings.